The summed E-state index contributed by atoms with van der Waals surface area (Å²) in [6.07, 6.45) is 3.85. The van der Waals surface area contributed by atoms with Crippen molar-refractivity contribution in [2.24, 2.45) is 0 Å². The van der Waals surface area contributed by atoms with Gasteiger partial charge in [-0.3, -0.25) is 13.9 Å². The van der Waals surface area contributed by atoms with Gasteiger partial charge in [0.25, 0.3) is 10.0 Å². The maximum atomic E-state index is 14.1. The summed E-state index contributed by atoms with van der Waals surface area (Å²) in [6.45, 7) is 5.26. The minimum atomic E-state index is -4.19. The molecule has 3 aromatic rings. The molecular formula is C32H37Cl2N3O5S. The molecule has 4 rings (SSSR count). The molecule has 43 heavy (non-hydrogen) atoms. The van der Waals surface area contributed by atoms with Gasteiger partial charge in [-0.05, 0) is 87.7 Å². The topological polar surface area (TPSA) is 96.0 Å². The van der Waals surface area contributed by atoms with Crippen LogP contribution in [-0.4, -0.2) is 50.4 Å². The summed E-state index contributed by atoms with van der Waals surface area (Å²) in [5.74, 6) is -0.329. The summed E-state index contributed by atoms with van der Waals surface area (Å²) in [7, 11) is -4.19. The molecule has 3 aromatic carbocycles. The van der Waals surface area contributed by atoms with E-state index in [4.69, 9.17) is 27.9 Å². The van der Waals surface area contributed by atoms with E-state index in [-0.39, 0.29) is 23.4 Å². The SMILES string of the molecule is CCOc1ccc(S(=O)(=O)N(CC(=O)N(Cc2ccc(Cl)cc2Cl)[C@@H](C)C(=O)NC2CCCC2)c2ccc(C)cc2)cc1. The fourth-order valence-corrected chi connectivity index (χ4v) is 6.93. The first-order valence-corrected chi connectivity index (χ1v) is 16.5. The second-order valence-corrected chi connectivity index (χ2v) is 13.4. The van der Waals surface area contributed by atoms with Crippen molar-refractivity contribution in [3.63, 3.8) is 0 Å². The Balaban J connectivity index is 1.69. The maximum Gasteiger partial charge on any atom is 0.264 e. The Morgan fingerprint density at radius 1 is 1.00 bits per heavy atom. The fourth-order valence-electron chi connectivity index (χ4n) is 5.05. The second kappa shape index (κ2) is 14.5. The Morgan fingerprint density at radius 2 is 1.65 bits per heavy atom. The number of benzene rings is 3. The molecule has 1 N–H and O–H groups in total. The molecule has 0 unspecified atom stereocenters. The average molecular weight is 647 g/mol. The average Bonchev–Trinajstić information content (AvgIpc) is 3.49. The Bertz CT molecular complexity index is 1530. The number of carbonyl (C=O) groups is 2. The Kier molecular flexibility index (Phi) is 11.0. The molecule has 0 bridgehead atoms. The molecule has 0 aromatic heterocycles. The van der Waals surface area contributed by atoms with Crippen molar-refractivity contribution in [1.82, 2.24) is 10.2 Å². The van der Waals surface area contributed by atoms with Crippen LogP contribution in [-0.2, 0) is 26.2 Å². The zero-order valence-electron chi connectivity index (χ0n) is 24.6. The highest BCUT2D eigenvalue weighted by atomic mass is 35.5. The van der Waals surface area contributed by atoms with Gasteiger partial charge in [-0.15, -0.1) is 0 Å². The first-order chi connectivity index (χ1) is 20.5. The van der Waals surface area contributed by atoms with Crippen molar-refractivity contribution in [3.05, 3.63) is 87.9 Å². The van der Waals surface area contributed by atoms with Gasteiger partial charge in [0.2, 0.25) is 11.8 Å². The van der Waals surface area contributed by atoms with Crippen molar-refractivity contribution in [2.45, 2.75) is 70.0 Å². The van der Waals surface area contributed by atoms with Crippen LogP contribution < -0.4 is 14.4 Å². The van der Waals surface area contributed by atoms with Crippen LogP contribution in [0.4, 0.5) is 5.69 Å². The van der Waals surface area contributed by atoms with Gasteiger partial charge in [0.05, 0.1) is 17.2 Å². The molecule has 0 heterocycles. The lowest BCUT2D eigenvalue weighted by Crippen LogP contribution is -2.52. The van der Waals surface area contributed by atoms with Crippen LogP contribution in [0.15, 0.2) is 71.6 Å². The van der Waals surface area contributed by atoms with E-state index < -0.39 is 28.5 Å². The number of ether oxygens (including phenoxy) is 1. The number of nitrogens with one attached hydrogen (secondary N) is 1. The highest BCUT2D eigenvalue weighted by Crippen LogP contribution is 2.28. The summed E-state index contributed by atoms with van der Waals surface area (Å²) in [5.41, 5.74) is 1.83. The normalized spacial score (nSPS) is 14.3. The second-order valence-electron chi connectivity index (χ2n) is 10.7. The summed E-state index contributed by atoms with van der Waals surface area (Å²) >= 11 is 12.6. The summed E-state index contributed by atoms with van der Waals surface area (Å²) in [6, 6.07) is 17.0. The zero-order chi connectivity index (χ0) is 31.1. The number of carbonyl (C=O) groups excluding carboxylic acids is 2. The highest BCUT2D eigenvalue weighted by Gasteiger charge is 2.33. The van der Waals surface area contributed by atoms with Crippen LogP contribution in [0.3, 0.4) is 0 Å². The number of anilines is 1. The van der Waals surface area contributed by atoms with E-state index in [0.717, 1.165) is 35.6 Å². The summed E-state index contributed by atoms with van der Waals surface area (Å²) in [4.78, 5) is 28.9. The monoisotopic (exact) mass is 645 g/mol. The smallest absolute Gasteiger partial charge is 0.264 e. The van der Waals surface area contributed by atoms with Crippen LogP contribution in [0.2, 0.25) is 10.0 Å². The van der Waals surface area contributed by atoms with Gasteiger partial charge >= 0.3 is 0 Å². The van der Waals surface area contributed by atoms with Gasteiger partial charge in [-0.2, -0.15) is 0 Å². The van der Waals surface area contributed by atoms with E-state index >= 15 is 0 Å². The van der Waals surface area contributed by atoms with E-state index in [1.54, 1.807) is 61.5 Å². The number of nitrogens with zero attached hydrogens (tertiary/aromatic N) is 2. The van der Waals surface area contributed by atoms with Gasteiger partial charge in [0, 0.05) is 22.6 Å². The molecular weight excluding hydrogens is 609 g/mol. The zero-order valence-corrected chi connectivity index (χ0v) is 26.9. The minimum Gasteiger partial charge on any atom is -0.494 e. The Morgan fingerprint density at radius 3 is 2.26 bits per heavy atom. The van der Waals surface area contributed by atoms with E-state index in [1.165, 1.54) is 17.0 Å². The van der Waals surface area contributed by atoms with Gasteiger partial charge in [-0.25, -0.2) is 8.42 Å². The molecule has 0 radical (unpaired) electrons. The largest absolute Gasteiger partial charge is 0.494 e. The molecule has 230 valence electrons. The third-order valence-electron chi connectivity index (χ3n) is 7.55. The number of halogens is 2. The van der Waals surface area contributed by atoms with Gasteiger partial charge in [0.1, 0.15) is 18.3 Å². The number of rotatable bonds is 12. The lowest BCUT2D eigenvalue weighted by Gasteiger charge is -2.32. The number of aryl methyl sites for hydroxylation is 1. The molecule has 1 aliphatic carbocycles. The third kappa shape index (κ3) is 8.22. The molecule has 1 atom stereocenters. The van der Waals surface area contributed by atoms with Crippen LogP contribution >= 0.6 is 23.2 Å². The molecule has 1 fully saturated rings. The van der Waals surface area contributed by atoms with Crippen LogP contribution in [0.5, 0.6) is 5.75 Å². The highest BCUT2D eigenvalue weighted by molar-refractivity contribution is 7.92. The molecule has 0 spiro atoms. The van der Waals surface area contributed by atoms with Crippen molar-refractivity contribution in [3.8, 4) is 5.75 Å². The van der Waals surface area contributed by atoms with Crippen molar-refractivity contribution < 1.29 is 22.7 Å². The van der Waals surface area contributed by atoms with E-state index in [2.05, 4.69) is 5.32 Å². The maximum absolute atomic E-state index is 14.1. The van der Waals surface area contributed by atoms with Crippen molar-refractivity contribution in [1.29, 1.82) is 0 Å². The number of amides is 2. The quantitative estimate of drug-likeness (QED) is 0.247. The van der Waals surface area contributed by atoms with E-state index in [9.17, 15) is 18.0 Å². The van der Waals surface area contributed by atoms with Gasteiger partial charge in [-0.1, -0.05) is 59.8 Å². The van der Waals surface area contributed by atoms with Crippen LogP contribution in [0, 0.1) is 6.92 Å². The molecule has 8 nitrogen and oxygen atoms in total. The molecule has 1 saturated carbocycles. The van der Waals surface area contributed by atoms with Crippen LogP contribution in [0.25, 0.3) is 0 Å². The molecule has 0 saturated heterocycles. The summed E-state index contributed by atoms with van der Waals surface area (Å²) in [5, 5.41) is 3.83. The predicted octanol–water partition coefficient (Wildman–Crippen LogP) is 6.37. The van der Waals surface area contributed by atoms with Crippen molar-refractivity contribution >= 4 is 50.7 Å². The standard InChI is InChI=1S/C32H37Cl2N3O5S/c1-4-42-28-15-17-29(18-16-28)43(40,41)37(27-13-9-22(2)10-14-27)21-31(38)36(20-24-11-12-25(33)19-30(24)34)23(3)32(39)35-26-7-5-6-8-26/h9-19,23,26H,4-8,20-21H2,1-3H3,(H,35,39)/t23-/m0/s1. The minimum absolute atomic E-state index is 0.00338. The first-order valence-electron chi connectivity index (χ1n) is 14.4. The van der Waals surface area contributed by atoms with E-state index in [0.29, 0.717) is 33.7 Å². The third-order valence-corrected chi connectivity index (χ3v) is 9.92. The number of hydrogen-bond donors (Lipinski definition) is 1. The number of sulfonamides is 1. The molecule has 11 heteroatoms. The van der Waals surface area contributed by atoms with Crippen molar-refractivity contribution in [2.75, 3.05) is 17.5 Å². The summed E-state index contributed by atoms with van der Waals surface area (Å²) < 4.78 is 34.6. The Labute approximate surface area is 264 Å². The molecule has 1 aliphatic rings. The van der Waals surface area contributed by atoms with Crippen LogP contribution in [0.1, 0.15) is 50.7 Å². The fraction of sp³-hybridized carbons (Fsp3) is 0.375. The lowest BCUT2D eigenvalue weighted by molar-refractivity contribution is -0.139. The lowest BCUT2D eigenvalue weighted by atomic mass is 10.1. The van der Waals surface area contributed by atoms with Gasteiger partial charge in [0.15, 0.2) is 0 Å². The molecule has 0 aliphatic heterocycles. The molecule has 2 amide bonds. The number of hydrogen-bond acceptors (Lipinski definition) is 5. The first kappa shape index (κ1) is 32.6. The van der Waals surface area contributed by atoms with E-state index in [1.807, 2.05) is 13.8 Å². The van der Waals surface area contributed by atoms with Gasteiger partial charge < -0.3 is 15.0 Å². The Hall–Kier alpha value is -3.27. The predicted molar refractivity (Wildman–Crippen MR) is 170 cm³/mol.